The lowest BCUT2D eigenvalue weighted by Gasteiger charge is -2.05. The van der Waals surface area contributed by atoms with Gasteiger partial charge in [-0.25, -0.2) is 4.79 Å². The van der Waals surface area contributed by atoms with Gasteiger partial charge in [-0.1, -0.05) is 0 Å². The van der Waals surface area contributed by atoms with E-state index in [0.717, 1.165) is 5.75 Å². The number of carbonyl (C=O) groups excluding carboxylic acids is 1. The molecule has 0 spiro atoms. The highest BCUT2D eigenvalue weighted by atomic mass is 16.5. The molecule has 0 amide bonds. The first-order valence-corrected chi connectivity index (χ1v) is 4.97. The van der Waals surface area contributed by atoms with E-state index in [4.69, 9.17) is 9.47 Å². The monoisotopic (exact) mass is 207 g/mol. The quantitative estimate of drug-likeness (QED) is 0.696. The fraction of sp³-hybridized carbons (Fsp3) is 0.333. The molecule has 3 heteroatoms. The van der Waals surface area contributed by atoms with Crippen LogP contribution in [0.1, 0.15) is 23.7 Å². The van der Waals surface area contributed by atoms with E-state index in [-0.39, 0.29) is 5.97 Å². The first-order chi connectivity index (χ1) is 7.27. The van der Waals surface area contributed by atoms with Crippen molar-refractivity contribution in [1.82, 2.24) is 0 Å². The largest absolute Gasteiger partial charge is 0.494 e. The van der Waals surface area contributed by atoms with Gasteiger partial charge in [0.05, 0.1) is 18.8 Å². The van der Waals surface area contributed by atoms with Gasteiger partial charge in [-0.15, -0.1) is 0 Å². The molecule has 0 bridgehead atoms. The summed E-state index contributed by atoms with van der Waals surface area (Å²) in [7, 11) is 0. The van der Waals surface area contributed by atoms with Crippen LogP contribution >= 0.6 is 0 Å². The molecule has 0 saturated heterocycles. The van der Waals surface area contributed by atoms with Gasteiger partial charge in [-0.05, 0) is 44.5 Å². The molecule has 0 saturated carbocycles. The van der Waals surface area contributed by atoms with Crippen LogP contribution in [0.5, 0.6) is 5.75 Å². The van der Waals surface area contributed by atoms with Crippen molar-refractivity contribution >= 4 is 5.97 Å². The standard InChI is InChI=1S/C12H15O3/c1-3-9-15-12(13)10-5-7-11(8-6-10)14-4-2/h5-8H,1,3-4,9H2,2H3. The number of hydrogen-bond acceptors (Lipinski definition) is 3. The van der Waals surface area contributed by atoms with Gasteiger partial charge < -0.3 is 9.47 Å². The van der Waals surface area contributed by atoms with Crippen LogP contribution in [0.25, 0.3) is 0 Å². The highest BCUT2D eigenvalue weighted by molar-refractivity contribution is 5.89. The third kappa shape index (κ3) is 3.62. The van der Waals surface area contributed by atoms with Crippen LogP contribution in [0.2, 0.25) is 0 Å². The zero-order valence-electron chi connectivity index (χ0n) is 8.86. The summed E-state index contributed by atoms with van der Waals surface area (Å²) in [6.07, 6.45) is 0.586. The van der Waals surface area contributed by atoms with Crippen LogP contribution in [-0.2, 0) is 4.74 Å². The third-order valence-electron chi connectivity index (χ3n) is 1.78. The van der Waals surface area contributed by atoms with Crippen molar-refractivity contribution in [1.29, 1.82) is 0 Å². The minimum absolute atomic E-state index is 0.318. The second kappa shape index (κ2) is 6.06. The summed E-state index contributed by atoms with van der Waals surface area (Å²) in [6, 6.07) is 6.89. The molecule has 15 heavy (non-hydrogen) atoms. The molecular weight excluding hydrogens is 192 g/mol. The van der Waals surface area contributed by atoms with Crippen LogP contribution < -0.4 is 4.74 Å². The summed E-state index contributed by atoms with van der Waals surface area (Å²) in [5, 5.41) is 0. The predicted octanol–water partition coefficient (Wildman–Crippen LogP) is 2.47. The maximum atomic E-state index is 11.4. The van der Waals surface area contributed by atoms with Gasteiger partial charge in [0, 0.05) is 0 Å². The van der Waals surface area contributed by atoms with Gasteiger partial charge in [-0.3, -0.25) is 0 Å². The number of rotatable bonds is 5. The minimum Gasteiger partial charge on any atom is -0.494 e. The molecule has 0 aromatic heterocycles. The van der Waals surface area contributed by atoms with E-state index in [1.807, 2.05) is 6.92 Å². The molecule has 0 N–H and O–H groups in total. The Morgan fingerprint density at radius 2 is 2.00 bits per heavy atom. The molecular formula is C12H15O3. The van der Waals surface area contributed by atoms with Crippen molar-refractivity contribution in [2.24, 2.45) is 0 Å². The maximum absolute atomic E-state index is 11.4. The second-order valence-electron chi connectivity index (χ2n) is 2.95. The maximum Gasteiger partial charge on any atom is 0.338 e. The van der Waals surface area contributed by atoms with Crippen molar-refractivity contribution in [3.05, 3.63) is 36.8 Å². The Morgan fingerprint density at radius 3 is 2.53 bits per heavy atom. The van der Waals surface area contributed by atoms with Crippen LogP contribution in [0.3, 0.4) is 0 Å². The Labute approximate surface area is 90.0 Å². The molecule has 1 rings (SSSR count). The van der Waals surface area contributed by atoms with Crippen molar-refractivity contribution < 1.29 is 14.3 Å². The average molecular weight is 207 g/mol. The van der Waals surface area contributed by atoms with E-state index in [0.29, 0.717) is 25.2 Å². The van der Waals surface area contributed by atoms with Gasteiger partial charge in [0.1, 0.15) is 5.75 Å². The molecule has 0 unspecified atom stereocenters. The number of hydrogen-bond donors (Lipinski definition) is 0. The van der Waals surface area contributed by atoms with E-state index in [2.05, 4.69) is 6.92 Å². The van der Waals surface area contributed by atoms with Gasteiger partial charge in [0.2, 0.25) is 0 Å². The third-order valence-corrected chi connectivity index (χ3v) is 1.78. The lowest BCUT2D eigenvalue weighted by Crippen LogP contribution is -2.05. The van der Waals surface area contributed by atoms with E-state index in [9.17, 15) is 4.79 Å². The lowest BCUT2D eigenvalue weighted by atomic mass is 10.2. The van der Waals surface area contributed by atoms with Crippen molar-refractivity contribution in [3.63, 3.8) is 0 Å². The van der Waals surface area contributed by atoms with Gasteiger partial charge in [-0.2, -0.15) is 0 Å². The molecule has 0 heterocycles. The molecule has 3 nitrogen and oxygen atoms in total. The second-order valence-corrected chi connectivity index (χ2v) is 2.95. The molecule has 1 aromatic carbocycles. The molecule has 1 radical (unpaired) electrons. The van der Waals surface area contributed by atoms with Crippen molar-refractivity contribution in [2.45, 2.75) is 13.3 Å². The van der Waals surface area contributed by atoms with Gasteiger partial charge in [0.25, 0.3) is 0 Å². The summed E-state index contributed by atoms with van der Waals surface area (Å²) in [5.74, 6) is 0.438. The summed E-state index contributed by atoms with van der Waals surface area (Å²) in [4.78, 5) is 11.4. The first-order valence-electron chi connectivity index (χ1n) is 4.97. The zero-order chi connectivity index (χ0) is 11.1. The molecule has 0 aliphatic rings. The van der Waals surface area contributed by atoms with Crippen LogP contribution in [0, 0.1) is 6.92 Å². The minimum atomic E-state index is -0.318. The summed E-state index contributed by atoms with van der Waals surface area (Å²) >= 11 is 0. The van der Waals surface area contributed by atoms with Gasteiger partial charge >= 0.3 is 5.97 Å². The Kier molecular flexibility index (Phi) is 4.68. The molecule has 0 fully saturated rings. The Bertz CT molecular complexity index is 303. The molecule has 0 aliphatic carbocycles. The fourth-order valence-corrected chi connectivity index (χ4v) is 1.10. The molecule has 1 aromatic rings. The normalized spacial score (nSPS) is 9.73. The topological polar surface area (TPSA) is 35.5 Å². The van der Waals surface area contributed by atoms with E-state index >= 15 is 0 Å². The van der Waals surface area contributed by atoms with Crippen LogP contribution in [0.15, 0.2) is 24.3 Å². The Balaban J connectivity index is 2.58. The van der Waals surface area contributed by atoms with Crippen LogP contribution in [0.4, 0.5) is 0 Å². The fourth-order valence-electron chi connectivity index (χ4n) is 1.10. The highest BCUT2D eigenvalue weighted by Gasteiger charge is 2.05. The summed E-state index contributed by atoms with van der Waals surface area (Å²) in [5.41, 5.74) is 0.534. The lowest BCUT2D eigenvalue weighted by molar-refractivity contribution is 0.0511. The SMILES string of the molecule is [CH2]CCOC(=O)c1ccc(OCC)cc1. The van der Waals surface area contributed by atoms with Crippen molar-refractivity contribution in [2.75, 3.05) is 13.2 Å². The molecule has 0 atom stereocenters. The number of carbonyl (C=O) groups is 1. The average Bonchev–Trinajstić information content (AvgIpc) is 2.27. The smallest absolute Gasteiger partial charge is 0.338 e. The highest BCUT2D eigenvalue weighted by Crippen LogP contribution is 2.12. The summed E-state index contributed by atoms with van der Waals surface area (Å²) in [6.45, 7) is 6.48. The molecule has 0 aliphatic heterocycles. The first kappa shape index (κ1) is 11.6. The van der Waals surface area contributed by atoms with E-state index < -0.39 is 0 Å². The van der Waals surface area contributed by atoms with Crippen LogP contribution in [-0.4, -0.2) is 19.2 Å². The van der Waals surface area contributed by atoms with Crippen molar-refractivity contribution in [3.8, 4) is 5.75 Å². The molecule has 81 valence electrons. The van der Waals surface area contributed by atoms with E-state index in [1.165, 1.54) is 0 Å². The Morgan fingerprint density at radius 1 is 1.33 bits per heavy atom. The predicted molar refractivity (Wildman–Crippen MR) is 57.9 cm³/mol. The number of benzene rings is 1. The number of esters is 1. The Hall–Kier alpha value is -1.51. The van der Waals surface area contributed by atoms with Gasteiger partial charge in [0.15, 0.2) is 0 Å². The summed E-state index contributed by atoms with van der Waals surface area (Å²) < 4.78 is 10.2. The number of ether oxygens (including phenoxy) is 2. The van der Waals surface area contributed by atoms with E-state index in [1.54, 1.807) is 24.3 Å². The zero-order valence-corrected chi connectivity index (χ0v) is 8.86.